The minimum atomic E-state index is -3.50. The van der Waals surface area contributed by atoms with Crippen LogP contribution in [0.3, 0.4) is 0 Å². The zero-order valence-electron chi connectivity index (χ0n) is 20.3. The molecule has 0 aliphatic carbocycles. The Morgan fingerprint density at radius 3 is 2.65 bits per heavy atom. The molecule has 0 bridgehead atoms. The summed E-state index contributed by atoms with van der Waals surface area (Å²) in [5.74, 6) is 0.505. The number of nitrogens with two attached hydrogens (primary N) is 1. The normalized spacial score (nSPS) is 15.4. The molecule has 0 spiro atoms. The first-order chi connectivity index (χ1) is 16.3. The van der Waals surface area contributed by atoms with Crippen LogP contribution in [0.2, 0.25) is 0 Å². The second kappa shape index (κ2) is 11.8. The van der Waals surface area contributed by atoms with E-state index in [0.29, 0.717) is 29.1 Å². The highest BCUT2D eigenvalue weighted by Gasteiger charge is 2.32. The Morgan fingerprint density at radius 2 is 1.94 bits per heavy atom. The van der Waals surface area contributed by atoms with Gasteiger partial charge in [0, 0.05) is 20.4 Å². The third kappa shape index (κ3) is 6.55. The number of methoxy groups -OCH3 is 2. The number of fused-ring (bicyclic) bond motifs is 1. The van der Waals surface area contributed by atoms with E-state index in [1.165, 1.54) is 14.2 Å². The largest absolute Gasteiger partial charge is 0.431 e. The van der Waals surface area contributed by atoms with Gasteiger partial charge in [0.2, 0.25) is 0 Å². The van der Waals surface area contributed by atoms with E-state index in [-0.39, 0.29) is 12.5 Å². The topological polar surface area (TPSA) is 123 Å². The summed E-state index contributed by atoms with van der Waals surface area (Å²) in [6.45, 7) is 6.20. The van der Waals surface area contributed by atoms with Crippen molar-refractivity contribution in [3.05, 3.63) is 48.4 Å². The molecule has 0 amide bonds. The fourth-order valence-electron chi connectivity index (χ4n) is 3.63. The Morgan fingerprint density at radius 1 is 1.18 bits per heavy atom. The molecule has 34 heavy (non-hydrogen) atoms. The molecule has 2 aromatic heterocycles. The molecule has 0 radical (unpaired) electrons. The zero-order valence-corrected chi connectivity index (χ0v) is 21.2. The van der Waals surface area contributed by atoms with Gasteiger partial charge >= 0.3 is 7.52 Å². The van der Waals surface area contributed by atoms with Crippen LogP contribution in [-0.4, -0.2) is 53.5 Å². The summed E-state index contributed by atoms with van der Waals surface area (Å²) >= 11 is 0. The van der Waals surface area contributed by atoms with Crippen LogP contribution >= 0.6 is 7.52 Å². The van der Waals surface area contributed by atoms with Crippen molar-refractivity contribution in [1.29, 1.82) is 0 Å². The number of nitrogen functional groups attached to an aromatic ring is 1. The average Bonchev–Trinajstić information content (AvgIpc) is 3.22. The number of benzene rings is 1. The van der Waals surface area contributed by atoms with Crippen LogP contribution in [0.1, 0.15) is 26.3 Å². The molecular formula is C23H34N5O5P. The second-order valence-corrected chi connectivity index (χ2v) is 10.1. The van der Waals surface area contributed by atoms with Crippen LogP contribution in [0.4, 0.5) is 5.69 Å². The molecule has 0 aliphatic rings. The number of aromatic nitrogens is 3. The first kappa shape index (κ1) is 26.1. The van der Waals surface area contributed by atoms with Crippen LogP contribution in [0.5, 0.6) is 5.75 Å². The number of anilines is 1. The Hall–Kier alpha value is -2.49. The molecule has 0 aliphatic heterocycles. The van der Waals surface area contributed by atoms with Gasteiger partial charge in [-0.3, -0.25) is 4.57 Å². The Kier molecular flexibility index (Phi) is 9.04. The first-order valence-electron chi connectivity index (χ1n) is 11.2. The van der Waals surface area contributed by atoms with Crippen LogP contribution in [0, 0.1) is 0 Å². The van der Waals surface area contributed by atoms with E-state index in [2.05, 4.69) is 15.1 Å². The second-order valence-electron chi connectivity index (χ2n) is 8.10. The van der Waals surface area contributed by atoms with Gasteiger partial charge in [0.15, 0.2) is 11.9 Å². The van der Waals surface area contributed by atoms with Crippen molar-refractivity contribution in [2.75, 3.05) is 26.3 Å². The monoisotopic (exact) mass is 491 g/mol. The minimum absolute atomic E-state index is 0.156. The van der Waals surface area contributed by atoms with Crippen LogP contribution in [-0.2, 0) is 31.7 Å². The first-order valence-corrected chi connectivity index (χ1v) is 13.0. The van der Waals surface area contributed by atoms with E-state index >= 15 is 0 Å². The van der Waals surface area contributed by atoms with Gasteiger partial charge in [-0.25, -0.2) is 15.1 Å². The average molecular weight is 492 g/mol. The van der Waals surface area contributed by atoms with Crippen molar-refractivity contribution in [1.82, 2.24) is 19.6 Å². The van der Waals surface area contributed by atoms with Crippen molar-refractivity contribution in [2.45, 2.75) is 52.2 Å². The maximum atomic E-state index is 13.9. The molecule has 10 nitrogen and oxygen atoms in total. The van der Waals surface area contributed by atoms with E-state index < -0.39 is 19.9 Å². The number of aryl methyl sites for hydroxylation is 1. The Bertz CT molecular complexity index is 1120. The third-order valence-corrected chi connectivity index (χ3v) is 7.15. The maximum absolute atomic E-state index is 13.9. The van der Waals surface area contributed by atoms with Gasteiger partial charge in [0.25, 0.3) is 0 Å². The predicted octanol–water partition coefficient (Wildman–Crippen LogP) is 3.81. The third-order valence-electron chi connectivity index (χ3n) is 5.35. The number of rotatable bonds is 13. The maximum Gasteiger partial charge on any atom is 0.342 e. The number of pyridine rings is 1. The number of hydrogen-bond acceptors (Lipinski definition) is 8. The van der Waals surface area contributed by atoms with E-state index in [4.69, 9.17) is 24.5 Å². The molecule has 2 heterocycles. The number of hydrogen-bond donors (Lipinski definition) is 2. The fourth-order valence-corrected chi connectivity index (χ4v) is 5.46. The number of nitrogens with one attached hydrogen (secondary N) is 1. The van der Waals surface area contributed by atoms with Crippen molar-refractivity contribution in [3.63, 3.8) is 0 Å². The molecule has 1 aromatic carbocycles. The molecule has 0 fully saturated rings. The molecule has 3 N–H and O–H groups in total. The summed E-state index contributed by atoms with van der Waals surface area (Å²) in [4.78, 5) is 8.69. The molecule has 3 atom stereocenters. The lowest BCUT2D eigenvalue weighted by Gasteiger charge is -2.28. The highest BCUT2D eigenvalue weighted by Crippen LogP contribution is 2.44. The Labute approximate surface area is 200 Å². The molecular weight excluding hydrogens is 457 g/mol. The van der Waals surface area contributed by atoms with Gasteiger partial charge in [0.1, 0.15) is 17.6 Å². The zero-order chi connectivity index (χ0) is 24.7. The molecule has 3 rings (SSSR count). The summed E-state index contributed by atoms with van der Waals surface area (Å²) in [6.07, 6.45) is 3.08. The van der Waals surface area contributed by atoms with Crippen LogP contribution in [0.25, 0.3) is 11.2 Å². The lowest BCUT2D eigenvalue weighted by atomic mass is 10.2. The van der Waals surface area contributed by atoms with Gasteiger partial charge in [-0.05, 0) is 44.0 Å². The standard InChI is InChI=1S/C23H34N5O5P/c1-6-18-8-7-9-19(12-18)33-34(29,27-17(3)23(30-4)31-5)15-32-16(2)13-28-14-26-21-20(24)10-11-25-22(21)28/h7-12,14,16-17,23H,6,13,15H2,1-5H3,(H2,24,25)(H,27,29)/t16-,17+,34?/m1/s1. The number of ether oxygens (including phenoxy) is 3. The fraction of sp³-hybridized carbons (Fsp3) is 0.478. The highest BCUT2D eigenvalue weighted by atomic mass is 31.2. The lowest BCUT2D eigenvalue weighted by Crippen LogP contribution is -2.39. The quantitative estimate of drug-likeness (QED) is 0.271. The Balaban J connectivity index is 1.74. The van der Waals surface area contributed by atoms with Gasteiger partial charge in [0.05, 0.1) is 30.7 Å². The van der Waals surface area contributed by atoms with Gasteiger partial charge in [-0.2, -0.15) is 0 Å². The van der Waals surface area contributed by atoms with E-state index in [1.54, 1.807) is 24.7 Å². The van der Waals surface area contributed by atoms with Crippen molar-refractivity contribution in [3.8, 4) is 5.75 Å². The van der Waals surface area contributed by atoms with Crippen molar-refractivity contribution in [2.24, 2.45) is 0 Å². The summed E-state index contributed by atoms with van der Waals surface area (Å²) in [5.41, 5.74) is 8.92. The van der Waals surface area contributed by atoms with Crippen LogP contribution in [0.15, 0.2) is 42.9 Å². The van der Waals surface area contributed by atoms with Crippen molar-refractivity contribution < 1.29 is 23.3 Å². The van der Waals surface area contributed by atoms with E-state index in [0.717, 1.165) is 12.0 Å². The van der Waals surface area contributed by atoms with Crippen LogP contribution < -0.4 is 15.3 Å². The molecule has 1 unspecified atom stereocenters. The molecule has 0 saturated heterocycles. The summed E-state index contributed by atoms with van der Waals surface area (Å²) in [7, 11) is -0.450. The SMILES string of the molecule is CCc1cccc(OP(=O)(CO[C@H](C)Cn2cnc3c(N)ccnc32)N[C@@H](C)C(OC)OC)c1. The van der Waals surface area contributed by atoms with Gasteiger partial charge in [-0.15, -0.1) is 0 Å². The highest BCUT2D eigenvalue weighted by molar-refractivity contribution is 7.57. The predicted molar refractivity (Wildman–Crippen MR) is 132 cm³/mol. The van der Waals surface area contributed by atoms with Crippen molar-refractivity contribution >= 4 is 24.4 Å². The summed E-state index contributed by atoms with van der Waals surface area (Å²) in [5, 5.41) is 3.04. The van der Waals surface area contributed by atoms with E-state index in [9.17, 15) is 4.57 Å². The number of nitrogens with zero attached hydrogens (tertiary/aromatic N) is 3. The molecule has 3 aromatic rings. The number of imidazole rings is 1. The molecule has 0 saturated carbocycles. The summed E-state index contributed by atoms with van der Waals surface area (Å²) < 4.78 is 38.3. The molecule has 186 valence electrons. The molecule has 11 heteroatoms. The van der Waals surface area contributed by atoms with E-state index in [1.807, 2.05) is 43.5 Å². The lowest BCUT2D eigenvalue weighted by molar-refractivity contribution is -0.116. The summed E-state index contributed by atoms with van der Waals surface area (Å²) in [6, 6.07) is 8.81. The van der Waals surface area contributed by atoms with Gasteiger partial charge < -0.3 is 29.0 Å². The minimum Gasteiger partial charge on any atom is -0.431 e. The smallest absolute Gasteiger partial charge is 0.342 e. The van der Waals surface area contributed by atoms with Gasteiger partial charge in [-0.1, -0.05) is 19.1 Å².